The van der Waals surface area contributed by atoms with Gasteiger partial charge in [-0.3, -0.25) is 0 Å². The molecule has 0 fully saturated rings. The Balaban J connectivity index is -0.000000774. The Labute approximate surface area is 363 Å². The van der Waals surface area contributed by atoms with Gasteiger partial charge in [0.1, 0.15) is 0 Å². The van der Waals surface area contributed by atoms with Crippen LogP contribution in [0.2, 0.25) is 0 Å². The van der Waals surface area contributed by atoms with Crippen LogP contribution in [0.1, 0.15) is 219 Å². The number of hydrogen-bond acceptors (Lipinski definition) is 4. The Morgan fingerprint density at radius 3 is 0.648 bits per heavy atom. The third kappa shape index (κ3) is 66.9. The zero-order valence-electron chi connectivity index (χ0n) is 38.0. The molecule has 8 heteroatoms. The molecular weight excluding hydrogens is 737 g/mol. The lowest BCUT2D eigenvalue weighted by molar-refractivity contribution is -0.870. The van der Waals surface area contributed by atoms with E-state index < -0.39 is 0 Å². The van der Waals surface area contributed by atoms with Gasteiger partial charge in [0.15, 0.2) is 0 Å². The highest BCUT2D eigenvalue weighted by Crippen LogP contribution is 2.15. The second-order valence-electron chi connectivity index (χ2n) is 18.1. The van der Waals surface area contributed by atoms with E-state index in [1.54, 1.807) is 0 Å². The predicted molar refractivity (Wildman–Crippen MR) is 261 cm³/mol. The van der Waals surface area contributed by atoms with Crippen molar-refractivity contribution in [1.82, 2.24) is 10.6 Å². The van der Waals surface area contributed by atoms with Gasteiger partial charge in [0.05, 0.1) is 55.4 Å². The lowest BCUT2D eigenvalue weighted by Crippen LogP contribution is -2.35. The van der Waals surface area contributed by atoms with E-state index in [-0.39, 0.29) is 0 Å². The minimum absolute atomic E-state index is 0.372. The summed E-state index contributed by atoms with van der Waals surface area (Å²) in [5, 5.41) is 5.56. The molecule has 0 saturated heterocycles. The minimum atomic E-state index is 0.372. The largest absolute Gasteiger partial charge is 0.412 e. The lowest BCUT2D eigenvalue weighted by Gasteiger charge is -2.23. The van der Waals surface area contributed by atoms with Gasteiger partial charge in [0.2, 0.25) is 0 Å². The summed E-state index contributed by atoms with van der Waals surface area (Å²) in [6.07, 6.45) is 46.7. The molecule has 0 aliphatic carbocycles. The van der Waals surface area contributed by atoms with Crippen LogP contribution >= 0.6 is 24.4 Å². The van der Waals surface area contributed by atoms with E-state index in [0.717, 1.165) is 8.97 Å². The summed E-state index contributed by atoms with van der Waals surface area (Å²) < 4.78 is 2.99. The summed E-state index contributed by atoms with van der Waals surface area (Å²) in [6.45, 7) is 8.59. The number of quaternary nitrogens is 2. The summed E-state index contributed by atoms with van der Waals surface area (Å²) >= 11 is 18.4. The van der Waals surface area contributed by atoms with E-state index in [2.05, 4.69) is 116 Å². The van der Waals surface area contributed by atoms with Crippen molar-refractivity contribution in [1.29, 1.82) is 0 Å². The predicted octanol–water partition coefficient (Wildman–Crippen LogP) is 13.7. The summed E-state index contributed by atoms with van der Waals surface area (Å²) in [5.41, 5.74) is 0. The molecule has 0 aliphatic rings. The first-order valence-electron chi connectivity index (χ1n) is 23.3. The molecule has 0 aromatic carbocycles. The Hall–Kier alpha value is 0.140. The molecule has 0 spiro atoms. The molecule has 0 atom stereocenters. The second-order valence-corrected chi connectivity index (χ2v) is 20.2. The molecule has 0 rings (SSSR count). The van der Waals surface area contributed by atoms with Crippen molar-refractivity contribution in [3.63, 3.8) is 0 Å². The standard InChI is InChI=1S/2C21H46N.C4H8N2S4/c2*1-5-6-7-8-9-10-11-12-13-14-15-16-17-18-19-20-21-22(2,3)4;7-3(8)5-1-2-6-4(9)10/h2*5-21H2,1-4H3;1-2H2,(H2,5,7,8)(H2,6,9,10)/q2*+1;/p-2. The molecule has 2 N–H and O–H groups in total. The Bertz CT molecular complexity index is 690. The Morgan fingerprint density at radius 2 is 0.500 bits per heavy atom. The highest BCUT2D eigenvalue weighted by molar-refractivity contribution is 8.00. The van der Waals surface area contributed by atoms with E-state index in [4.69, 9.17) is 0 Å². The van der Waals surface area contributed by atoms with Gasteiger partial charge in [0, 0.05) is 13.1 Å². The normalized spacial score (nSPS) is 11.3. The Kier molecular flexibility index (Phi) is 49.6. The maximum Gasteiger partial charge on any atom is 0.0780 e. The maximum absolute atomic E-state index is 4.59. The van der Waals surface area contributed by atoms with Crippen molar-refractivity contribution in [2.45, 2.75) is 219 Å². The maximum atomic E-state index is 4.59. The van der Waals surface area contributed by atoms with Crippen LogP contribution in [0, 0.1) is 0 Å². The molecule has 0 saturated carbocycles. The number of nitrogens with zero attached hydrogens (tertiary/aromatic N) is 2. The molecular formula is C46H98N4S4. The van der Waals surface area contributed by atoms with E-state index in [0.29, 0.717) is 21.7 Å². The monoisotopic (exact) mass is 835 g/mol. The molecule has 0 bridgehead atoms. The number of unbranched alkanes of at least 4 members (excludes halogenated alkanes) is 30. The van der Waals surface area contributed by atoms with Crippen molar-refractivity contribution in [2.24, 2.45) is 0 Å². The molecule has 0 radical (unpaired) electrons. The summed E-state index contributed by atoms with van der Waals surface area (Å²) in [4.78, 5) is 0. The van der Waals surface area contributed by atoms with Gasteiger partial charge in [-0.05, 0) is 25.7 Å². The molecule has 4 nitrogen and oxygen atoms in total. The Morgan fingerprint density at radius 1 is 0.333 bits per heavy atom. The highest BCUT2D eigenvalue weighted by atomic mass is 32.1. The molecule has 54 heavy (non-hydrogen) atoms. The van der Waals surface area contributed by atoms with Crippen LogP contribution in [0.4, 0.5) is 0 Å². The third-order valence-electron chi connectivity index (χ3n) is 10.0. The number of nitrogens with one attached hydrogen (secondary N) is 2. The van der Waals surface area contributed by atoms with E-state index >= 15 is 0 Å². The summed E-state index contributed by atoms with van der Waals surface area (Å²) in [6, 6.07) is 0. The topological polar surface area (TPSA) is 24.1 Å². The van der Waals surface area contributed by atoms with Crippen LogP contribution in [0.15, 0.2) is 0 Å². The number of thiocarbonyl (C=S) groups is 2. The SMILES string of the molecule is CCCCCCCCCCCCCCCCCC[N+](C)(C)C.CCCCCCCCCCCCCCCCCC[N+](C)(C)C.S=C([S-])NCCNC(=S)[S-]. The highest BCUT2D eigenvalue weighted by Gasteiger charge is 2.06. The lowest BCUT2D eigenvalue weighted by atomic mass is 10.0. The van der Waals surface area contributed by atoms with Crippen molar-refractivity contribution >= 4 is 58.3 Å². The zero-order valence-corrected chi connectivity index (χ0v) is 41.2. The molecule has 0 heterocycles. The first-order chi connectivity index (χ1) is 25.7. The summed E-state index contributed by atoms with van der Waals surface area (Å²) in [5.74, 6) is 0. The van der Waals surface area contributed by atoms with E-state index in [9.17, 15) is 0 Å². The second kappa shape index (κ2) is 45.8. The van der Waals surface area contributed by atoms with Crippen molar-refractivity contribution < 1.29 is 8.97 Å². The van der Waals surface area contributed by atoms with Crippen LogP contribution in [-0.4, -0.2) is 86.1 Å². The van der Waals surface area contributed by atoms with Crippen LogP contribution < -0.4 is 10.6 Å². The van der Waals surface area contributed by atoms with Gasteiger partial charge in [-0.2, -0.15) is 0 Å². The molecule has 326 valence electrons. The van der Waals surface area contributed by atoms with Crippen molar-refractivity contribution in [3.05, 3.63) is 0 Å². The third-order valence-corrected chi connectivity index (χ3v) is 10.6. The average Bonchev–Trinajstić information content (AvgIpc) is 3.09. The molecule has 0 aromatic heterocycles. The zero-order chi connectivity index (χ0) is 41.0. The quantitative estimate of drug-likeness (QED) is 0.0280. The van der Waals surface area contributed by atoms with Crippen molar-refractivity contribution in [2.75, 3.05) is 68.5 Å². The molecule has 0 unspecified atom stereocenters. The van der Waals surface area contributed by atoms with Crippen LogP contribution in [-0.2, 0) is 25.3 Å². The van der Waals surface area contributed by atoms with Crippen molar-refractivity contribution in [3.8, 4) is 0 Å². The van der Waals surface area contributed by atoms with Crippen LogP contribution in [0.5, 0.6) is 0 Å². The van der Waals surface area contributed by atoms with Gasteiger partial charge < -0.3 is 69.3 Å². The number of rotatable bonds is 37. The average molecular weight is 836 g/mol. The van der Waals surface area contributed by atoms with Gasteiger partial charge in [-0.25, -0.2) is 0 Å². The van der Waals surface area contributed by atoms with Crippen LogP contribution in [0.25, 0.3) is 0 Å². The fraction of sp³-hybridized carbons (Fsp3) is 0.957. The van der Waals surface area contributed by atoms with E-state index in [1.165, 1.54) is 219 Å². The smallest absolute Gasteiger partial charge is 0.0780 e. The van der Waals surface area contributed by atoms with Gasteiger partial charge in [0.25, 0.3) is 0 Å². The first-order valence-corrected chi connectivity index (χ1v) is 24.9. The molecule has 0 aliphatic heterocycles. The molecule has 0 aromatic rings. The van der Waals surface area contributed by atoms with Gasteiger partial charge >= 0.3 is 0 Å². The summed E-state index contributed by atoms with van der Waals surface area (Å²) in [7, 11) is 13.8. The van der Waals surface area contributed by atoms with Crippen LogP contribution in [0.3, 0.4) is 0 Å². The minimum Gasteiger partial charge on any atom is -0.412 e. The molecule has 0 amide bonds. The van der Waals surface area contributed by atoms with Gasteiger partial charge in [-0.15, -0.1) is 0 Å². The van der Waals surface area contributed by atoms with Gasteiger partial charge in [-0.1, -0.05) is 202 Å². The first kappa shape index (κ1) is 58.5. The fourth-order valence-corrected chi connectivity index (χ4v) is 7.01. The van der Waals surface area contributed by atoms with E-state index in [1.807, 2.05) is 0 Å². The fourth-order valence-electron chi connectivity index (χ4n) is 6.60. The number of hydrogen-bond donors (Lipinski definition) is 2.